The monoisotopic (exact) mass is 450 g/mol. The third kappa shape index (κ3) is 4.84. The summed E-state index contributed by atoms with van der Waals surface area (Å²) < 4.78 is 6.71. The molecule has 1 N–H and O–H groups in total. The van der Waals surface area contributed by atoms with Crippen molar-refractivity contribution in [3.63, 3.8) is 0 Å². The molecule has 0 atom stereocenters. The molecule has 0 saturated carbocycles. The number of hydrazone groups is 1. The van der Waals surface area contributed by atoms with Crippen molar-refractivity contribution in [3.8, 4) is 11.4 Å². The van der Waals surface area contributed by atoms with Crippen molar-refractivity contribution >= 4 is 46.1 Å². The van der Waals surface area contributed by atoms with E-state index in [-0.39, 0.29) is 17.2 Å². The average molecular weight is 451 g/mol. The summed E-state index contributed by atoms with van der Waals surface area (Å²) in [5, 5.41) is 6.83. The molecule has 0 spiro atoms. The van der Waals surface area contributed by atoms with Crippen molar-refractivity contribution in [1.82, 2.24) is 15.0 Å². The molecule has 4 aromatic rings. The van der Waals surface area contributed by atoms with Crippen LogP contribution in [0.4, 0.5) is 0 Å². The summed E-state index contributed by atoms with van der Waals surface area (Å²) >= 11 is 2.70. The fraction of sp³-hybridized carbons (Fsp3) is 0.0909. The van der Waals surface area contributed by atoms with E-state index in [1.807, 2.05) is 23.6 Å². The van der Waals surface area contributed by atoms with Crippen LogP contribution in [0.2, 0.25) is 0 Å². The maximum absolute atomic E-state index is 13.2. The van der Waals surface area contributed by atoms with Gasteiger partial charge in [-0.3, -0.25) is 14.2 Å². The quantitative estimate of drug-likeness (QED) is 0.201. The van der Waals surface area contributed by atoms with Crippen LogP contribution in [0, 0.1) is 0 Å². The number of hydrogen-bond donors (Lipinski definition) is 1. The smallest absolute Gasteiger partial charge is 0.266 e. The lowest BCUT2D eigenvalue weighted by Crippen LogP contribution is -2.24. The van der Waals surface area contributed by atoms with Crippen LogP contribution in [0.5, 0.6) is 5.75 Å². The predicted octanol–water partition coefficient (Wildman–Crippen LogP) is 3.70. The highest BCUT2D eigenvalue weighted by Crippen LogP contribution is 2.22. The summed E-state index contributed by atoms with van der Waals surface area (Å²) in [4.78, 5) is 31.0. The Morgan fingerprint density at radius 1 is 1.19 bits per heavy atom. The third-order valence-corrected chi connectivity index (χ3v) is 6.08. The minimum atomic E-state index is -0.290. The van der Waals surface area contributed by atoms with Gasteiger partial charge in [-0.25, -0.2) is 10.4 Å². The second-order valence-electron chi connectivity index (χ2n) is 6.35. The molecule has 156 valence electrons. The lowest BCUT2D eigenvalue weighted by Gasteiger charge is -2.13. The van der Waals surface area contributed by atoms with E-state index >= 15 is 0 Å². The zero-order valence-corrected chi connectivity index (χ0v) is 18.2. The van der Waals surface area contributed by atoms with Crippen LogP contribution in [0.1, 0.15) is 4.88 Å². The molecule has 0 bridgehead atoms. The average Bonchev–Trinajstić information content (AvgIpc) is 3.31. The van der Waals surface area contributed by atoms with Gasteiger partial charge < -0.3 is 4.74 Å². The van der Waals surface area contributed by atoms with Crippen molar-refractivity contribution in [1.29, 1.82) is 0 Å². The molecule has 0 radical (unpaired) electrons. The minimum Gasteiger partial charge on any atom is -0.497 e. The Labute approximate surface area is 186 Å². The molecular weight excluding hydrogens is 432 g/mol. The largest absolute Gasteiger partial charge is 0.497 e. The van der Waals surface area contributed by atoms with Gasteiger partial charge in [0.1, 0.15) is 5.75 Å². The molecule has 0 saturated heterocycles. The highest BCUT2D eigenvalue weighted by molar-refractivity contribution is 7.99. The van der Waals surface area contributed by atoms with E-state index < -0.39 is 0 Å². The Morgan fingerprint density at radius 2 is 2.00 bits per heavy atom. The number of nitrogens with one attached hydrogen (secondary N) is 1. The summed E-state index contributed by atoms with van der Waals surface area (Å²) in [6.45, 7) is 0. The van der Waals surface area contributed by atoms with Gasteiger partial charge in [-0.1, -0.05) is 30.0 Å². The van der Waals surface area contributed by atoms with Crippen LogP contribution in [-0.4, -0.2) is 34.5 Å². The van der Waals surface area contributed by atoms with Gasteiger partial charge in [-0.15, -0.1) is 11.3 Å². The Kier molecular flexibility index (Phi) is 6.44. The van der Waals surface area contributed by atoms with Crippen LogP contribution in [0.15, 0.2) is 81.1 Å². The van der Waals surface area contributed by atoms with Gasteiger partial charge in [0.25, 0.3) is 11.5 Å². The lowest BCUT2D eigenvalue weighted by molar-refractivity contribution is -0.118. The number of methoxy groups -OCH3 is 1. The van der Waals surface area contributed by atoms with Crippen molar-refractivity contribution < 1.29 is 9.53 Å². The fourth-order valence-corrected chi connectivity index (χ4v) is 4.25. The summed E-state index contributed by atoms with van der Waals surface area (Å²) in [7, 11) is 1.58. The van der Waals surface area contributed by atoms with E-state index in [9.17, 15) is 9.59 Å². The molecule has 31 heavy (non-hydrogen) atoms. The highest BCUT2D eigenvalue weighted by Gasteiger charge is 2.14. The Morgan fingerprint density at radius 3 is 2.74 bits per heavy atom. The Bertz CT molecular complexity index is 1280. The summed E-state index contributed by atoms with van der Waals surface area (Å²) in [5.41, 5.74) is 3.52. The second-order valence-corrected chi connectivity index (χ2v) is 8.27. The van der Waals surface area contributed by atoms with Gasteiger partial charge in [-0.05, 0) is 47.8 Å². The molecule has 9 heteroatoms. The molecule has 2 heterocycles. The van der Waals surface area contributed by atoms with Crippen molar-refractivity contribution in [2.45, 2.75) is 5.16 Å². The van der Waals surface area contributed by atoms with Gasteiger partial charge in [0.15, 0.2) is 5.16 Å². The number of amides is 1. The number of carbonyl (C=O) groups is 1. The number of benzene rings is 2. The molecule has 0 aliphatic rings. The molecule has 0 aliphatic heterocycles. The van der Waals surface area contributed by atoms with Crippen LogP contribution in [-0.2, 0) is 4.79 Å². The van der Waals surface area contributed by atoms with Crippen LogP contribution >= 0.6 is 23.1 Å². The lowest BCUT2D eigenvalue weighted by atomic mass is 10.2. The Balaban J connectivity index is 1.61. The molecule has 4 rings (SSSR count). The first-order chi connectivity index (χ1) is 15.2. The standard InChI is InChI=1S/C22H18N4O3S2/c1-29-16-10-8-15(9-11-16)26-21(28)18-6-2-3-7-19(18)24-22(26)31-14-20(27)25-23-13-17-5-4-12-30-17/h2-13H,14H2,1H3,(H,25,27)/b23-13+. The number of para-hydroxylation sites is 1. The fourth-order valence-electron chi connectivity index (χ4n) is 2.86. The summed E-state index contributed by atoms with van der Waals surface area (Å²) in [6.07, 6.45) is 1.59. The molecule has 0 fully saturated rings. The van der Waals surface area contributed by atoms with E-state index in [4.69, 9.17) is 4.74 Å². The van der Waals surface area contributed by atoms with E-state index in [1.54, 1.807) is 55.8 Å². The topological polar surface area (TPSA) is 85.6 Å². The highest BCUT2D eigenvalue weighted by atomic mass is 32.2. The first-order valence-corrected chi connectivity index (χ1v) is 11.2. The van der Waals surface area contributed by atoms with Crippen molar-refractivity contribution in [2.24, 2.45) is 5.10 Å². The van der Waals surface area contributed by atoms with E-state index in [0.717, 1.165) is 4.88 Å². The van der Waals surface area contributed by atoms with Gasteiger partial charge in [-0.2, -0.15) is 5.10 Å². The number of thiophene rings is 1. The normalized spacial score (nSPS) is 11.1. The SMILES string of the molecule is COc1ccc(-n2c(SCC(=O)N/N=C/c3cccs3)nc3ccccc3c2=O)cc1. The van der Waals surface area contributed by atoms with Crippen LogP contribution < -0.4 is 15.7 Å². The maximum Gasteiger partial charge on any atom is 0.266 e. The summed E-state index contributed by atoms with van der Waals surface area (Å²) in [6, 6.07) is 18.1. The number of rotatable bonds is 7. The molecule has 2 aromatic heterocycles. The van der Waals surface area contributed by atoms with E-state index in [0.29, 0.717) is 27.5 Å². The molecular formula is C22H18N4O3S2. The molecule has 1 amide bonds. The number of carbonyl (C=O) groups excluding carboxylic acids is 1. The number of nitrogens with zero attached hydrogens (tertiary/aromatic N) is 3. The first kappa shape index (κ1) is 20.8. The maximum atomic E-state index is 13.2. The van der Waals surface area contributed by atoms with Crippen LogP contribution in [0.25, 0.3) is 16.6 Å². The van der Waals surface area contributed by atoms with Gasteiger partial charge in [0, 0.05) is 4.88 Å². The minimum absolute atomic E-state index is 0.0582. The predicted molar refractivity (Wildman–Crippen MR) is 125 cm³/mol. The zero-order chi connectivity index (χ0) is 21.6. The van der Waals surface area contributed by atoms with Crippen molar-refractivity contribution in [2.75, 3.05) is 12.9 Å². The number of hydrogen-bond acceptors (Lipinski definition) is 7. The molecule has 0 aliphatic carbocycles. The van der Waals surface area contributed by atoms with Crippen LogP contribution in [0.3, 0.4) is 0 Å². The zero-order valence-electron chi connectivity index (χ0n) is 16.5. The third-order valence-electron chi connectivity index (χ3n) is 4.33. The van der Waals surface area contributed by atoms with Gasteiger partial charge >= 0.3 is 0 Å². The number of ether oxygens (including phenoxy) is 1. The van der Waals surface area contributed by atoms with E-state index in [1.165, 1.54) is 27.7 Å². The first-order valence-electron chi connectivity index (χ1n) is 9.30. The van der Waals surface area contributed by atoms with Gasteiger partial charge in [0.2, 0.25) is 0 Å². The number of thioether (sulfide) groups is 1. The molecule has 2 aromatic carbocycles. The Hall–Kier alpha value is -3.43. The number of fused-ring (bicyclic) bond motifs is 1. The van der Waals surface area contributed by atoms with Gasteiger partial charge in [0.05, 0.1) is 35.7 Å². The molecule has 7 nitrogen and oxygen atoms in total. The van der Waals surface area contributed by atoms with E-state index in [2.05, 4.69) is 15.5 Å². The number of aromatic nitrogens is 2. The second kappa shape index (κ2) is 9.59. The molecule has 0 unspecified atom stereocenters. The van der Waals surface area contributed by atoms with Crippen molar-refractivity contribution in [3.05, 3.63) is 81.3 Å². The summed E-state index contributed by atoms with van der Waals surface area (Å²) in [5.74, 6) is 0.451.